The van der Waals surface area contributed by atoms with Gasteiger partial charge in [0.1, 0.15) is 0 Å². The molecule has 0 aliphatic rings. The molecular weight excluding hydrogens is 350 g/mol. The lowest BCUT2D eigenvalue weighted by molar-refractivity contribution is 0.194. The van der Waals surface area contributed by atoms with Crippen LogP contribution in [0.3, 0.4) is 0 Å². The van der Waals surface area contributed by atoms with Crippen LogP contribution in [0.1, 0.15) is 64.7 Å². The molecule has 0 radical (unpaired) electrons. The van der Waals surface area contributed by atoms with E-state index in [0.29, 0.717) is 0 Å². The summed E-state index contributed by atoms with van der Waals surface area (Å²) < 4.78 is 5.03. The Morgan fingerprint density at radius 2 is 0.750 bits per heavy atom. The molecule has 0 atom stereocenters. The SMILES string of the molecule is CCCCNCCCCNCCCNCCCCNCCCNCCCOC. The van der Waals surface area contributed by atoms with Crippen molar-refractivity contribution >= 4 is 0 Å². The van der Waals surface area contributed by atoms with E-state index in [1.54, 1.807) is 7.11 Å². The van der Waals surface area contributed by atoms with Crippen LogP contribution in [0.5, 0.6) is 0 Å². The van der Waals surface area contributed by atoms with Crippen molar-refractivity contribution in [2.75, 3.05) is 79.2 Å². The minimum absolute atomic E-state index is 0.854. The summed E-state index contributed by atoms with van der Waals surface area (Å²) in [6.07, 6.45) is 11.2. The maximum absolute atomic E-state index is 5.03. The van der Waals surface area contributed by atoms with E-state index in [9.17, 15) is 0 Å². The fraction of sp³-hybridized carbons (Fsp3) is 1.00. The number of nitrogens with one attached hydrogen (secondary N) is 5. The Kier molecular flexibility index (Phi) is 26.5. The summed E-state index contributed by atoms with van der Waals surface area (Å²) in [5.74, 6) is 0. The summed E-state index contributed by atoms with van der Waals surface area (Å²) >= 11 is 0. The molecule has 0 spiro atoms. The van der Waals surface area contributed by atoms with Crippen molar-refractivity contribution in [3.8, 4) is 0 Å². The maximum Gasteiger partial charge on any atom is 0.0474 e. The van der Waals surface area contributed by atoms with E-state index in [2.05, 4.69) is 33.5 Å². The minimum Gasteiger partial charge on any atom is -0.385 e. The zero-order chi connectivity index (χ0) is 20.4. The van der Waals surface area contributed by atoms with Gasteiger partial charge in [-0.3, -0.25) is 0 Å². The van der Waals surface area contributed by atoms with Crippen LogP contribution in [0, 0.1) is 0 Å². The van der Waals surface area contributed by atoms with Crippen molar-refractivity contribution in [2.45, 2.75) is 64.7 Å². The van der Waals surface area contributed by atoms with E-state index in [1.807, 2.05) is 0 Å². The summed E-state index contributed by atoms with van der Waals surface area (Å²) in [4.78, 5) is 0. The van der Waals surface area contributed by atoms with Gasteiger partial charge >= 0.3 is 0 Å². The van der Waals surface area contributed by atoms with Crippen molar-refractivity contribution in [3.05, 3.63) is 0 Å². The first-order chi connectivity index (χ1) is 13.9. The van der Waals surface area contributed by atoms with Crippen LogP contribution < -0.4 is 26.6 Å². The average Bonchev–Trinajstić information content (AvgIpc) is 2.71. The lowest BCUT2D eigenvalue weighted by Gasteiger charge is -2.08. The van der Waals surface area contributed by atoms with Gasteiger partial charge in [-0.2, -0.15) is 0 Å². The first-order valence-corrected chi connectivity index (χ1v) is 11.9. The third-order valence-corrected chi connectivity index (χ3v) is 4.74. The lowest BCUT2D eigenvalue weighted by Crippen LogP contribution is -2.25. The second-order valence-electron chi connectivity index (χ2n) is 7.57. The van der Waals surface area contributed by atoms with Crippen LogP contribution >= 0.6 is 0 Å². The molecule has 0 aromatic heterocycles. The van der Waals surface area contributed by atoms with E-state index in [0.717, 1.165) is 65.4 Å². The van der Waals surface area contributed by atoms with Crippen LogP contribution in [0.2, 0.25) is 0 Å². The third kappa shape index (κ3) is 25.8. The fourth-order valence-corrected chi connectivity index (χ4v) is 2.95. The molecule has 0 heterocycles. The van der Waals surface area contributed by atoms with Gasteiger partial charge in [0.05, 0.1) is 0 Å². The smallest absolute Gasteiger partial charge is 0.0474 e. The van der Waals surface area contributed by atoms with Gasteiger partial charge in [0.15, 0.2) is 0 Å². The summed E-state index contributed by atoms with van der Waals surface area (Å²) in [6.45, 7) is 14.4. The fourth-order valence-electron chi connectivity index (χ4n) is 2.95. The molecule has 6 heteroatoms. The number of hydrogen-bond acceptors (Lipinski definition) is 6. The standard InChI is InChI=1S/C22H51N5O/c1-3-4-12-23-13-5-6-14-24-17-9-18-25-15-7-8-16-26-19-10-20-27-21-11-22-28-2/h23-27H,3-22H2,1-2H3. The molecule has 0 bridgehead atoms. The van der Waals surface area contributed by atoms with E-state index in [1.165, 1.54) is 64.5 Å². The molecule has 28 heavy (non-hydrogen) atoms. The first kappa shape index (κ1) is 27.8. The molecule has 170 valence electrons. The van der Waals surface area contributed by atoms with Crippen LogP contribution in [-0.2, 0) is 4.74 Å². The summed E-state index contributed by atoms with van der Waals surface area (Å²) in [5.41, 5.74) is 0. The molecular formula is C22H51N5O. The van der Waals surface area contributed by atoms with Gasteiger partial charge in [-0.15, -0.1) is 0 Å². The van der Waals surface area contributed by atoms with Gasteiger partial charge in [-0.25, -0.2) is 0 Å². The molecule has 0 saturated heterocycles. The Bertz CT molecular complexity index is 243. The number of hydrogen-bond donors (Lipinski definition) is 5. The highest BCUT2D eigenvalue weighted by Crippen LogP contribution is 1.88. The molecule has 0 rings (SSSR count). The van der Waals surface area contributed by atoms with Crippen molar-refractivity contribution in [2.24, 2.45) is 0 Å². The Labute approximate surface area is 175 Å². The third-order valence-electron chi connectivity index (χ3n) is 4.74. The summed E-state index contributed by atoms with van der Waals surface area (Å²) in [5, 5.41) is 17.6. The monoisotopic (exact) mass is 401 g/mol. The van der Waals surface area contributed by atoms with Gasteiger partial charge in [0.2, 0.25) is 0 Å². The molecule has 5 N–H and O–H groups in total. The molecule has 0 saturated carbocycles. The van der Waals surface area contributed by atoms with Crippen molar-refractivity contribution in [3.63, 3.8) is 0 Å². The van der Waals surface area contributed by atoms with Gasteiger partial charge in [-0.1, -0.05) is 13.3 Å². The minimum atomic E-state index is 0.854. The highest BCUT2D eigenvalue weighted by molar-refractivity contribution is 4.56. The maximum atomic E-state index is 5.03. The Hall–Kier alpha value is -0.240. The van der Waals surface area contributed by atoms with Crippen LogP contribution in [0.4, 0.5) is 0 Å². The van der Waals surface area contributed by atoms with Crippen LogP contribution in [-0.4, -0.2) is 79.2 Å². The molecule has 0 aliphatic heterocycles. The predicted molar refractivity (Wildman–Crippen MR) is 123 cm³/mol. The molecule has 0 aromatic rings. The largest absolute Gasteiger partial charge is 0.385 e. The second kappa shape index (κ2) is 26.8. The highest BCUT2D eigenvalue weighted by atomic mass is 16.5. The molecule has 0 fully saturated rings. The molecule has 0 amide bonds. The second-order valence-corrected chi connectivity index (χ2v) is 7.57. The zero-order valence-corrected chi connectivity index (χ0v) is 19.1. The van der Waals surface area contributed by atoms with E-state index in [-0.39, 0.29) is 0 Å². The zero-order valence-electron chi connectivity index (χ0n) is 19.1. The summed E-state index contributed by atoms with van der Waals surface area (Å²) in [7, 11) is 1.76. The lowest BCUT2D eigenvalue weighted by atomic mass is 10.3. The number of methoxy groups -OCH3 is 1. The van der Waals surface area contributed by atoms with Crippen molar-refractivity contribution in [1.29, 1.82) is 0 Å². The van der Waals surface area contributed by atoms with E-state index in [4.69, 9.17) is 4.74 Å². The van der Waals surface area contributed by atoms with E-state index < -0.39 is 0 Å². The normalized spacial score (nSPS) is 11.4. The van der Waals surface area contributed by atoms with Crippen LogP contribution in [0.15, 0.2) is 0 Å². The first-order valence-electron chi connectivity index (χ1n) is 11.9. The number of ether oxygens (including phenoxy) is 1. The summed E-state index contributed by atoms with van der Waals surface area (Å²) in [6, 6.07) is 0. The van der Waals surface area contributed by atoms with Crippen molar-refractivity contribution in [1.82, 2.24) is 26.6 Å². The molecule has 6 nitrogen and oxygen atoms in total. The number of unbranched alkanes of at least 4 members (excludes halogenated alkanes) is 3. The van der Waals surface area contributed by atoms with Crippen molar-refractivity contribution < 1.29 is 4.74 Å². The van der Waals surface area contributed by atoms with Gasteiger partial charge in [0.25, 0.3) is 0 Å². The average molecular weight is 402 g/mol. The van der Waals surface area contributed by atoms with Crippen LogP contribution in [0.25, 0.3) is 0 Å². The number of rotatable bonds is 25. The van der Waals surface area contributed by atoms with Gasteiger partial charge < -0.3 is 31.3 Å². The molecule has 0 aliphatic carbocycles. The molecule has 0 aromatic carbocycles. The highest BCUT2D eigenvalue weighted by Gasteiger charge is 1.93. The topological polar surface area (TPSA) is 69.4 Å². The van der Waals surface area contributed by atoms with E-state index >= 15 is 0 Å². The molecule has 0 unspecified atom stereocenters. The Balaban J connectivity index is 2.96. The van der Waals surface area contributed by atoms with Gasteiger partial charge in [0, 0.05) is 13.7 Å². The van der Waals surface area contributed by atoms with Gasteiger partial charge in [-0.05, 0) is 117 Å². The predicted octanol–water partition coefficient (Wildman–Crippen LogP) is 2.11. The quantitative estimate of drug-likeness (QED) is 0.151. The Morgan fingerprint density at radius 3 is 1.11 bits per heavy atom. The Morgan fingerprint density at radius 1 is 0.429 bits per heavy atom.